The van der Waals surface area contributed by atoms with Gasteiger partial charge in [-0.3, -0.25) is 19.4 Å². The number of carbonyl (C=O) groups is 2. The zero-order valence-corrected chi connectivity index (χ0v) is 19.0. The van der Waals surface area contributed by atoms with Crippen LogP contribution in [0.1, 0.15) is 63.4 Å². The van der Waals surface area contributed by atoms with Gasteiger partial charge in [0.25, 0.3) is 0 Å². The summed E-state index contributed by atoms with van der Waals surface area (Å²) < 4.78 is 1.87. The molecule has 5 aliphatic rings. The summed E-state index contributed by atoms with van der Waals surface area (Å²) in [6.07, 6.45) is 14.4. The van der Waals surface area contributed by atoms with E-state index in [1.54, 1.807) is 11.1 Å². The third-order valence-corrected chi connectivity index (χ3v) is 8.07. The van der Waals surface area contributed by atoms with E-state index in [1.165, 1.54) is 38.5 Å². The van der Waals surface area contributed by atoms with Crippen molar-refractivity contribution in [3.63, 3.8) is 0 Å². The van der Waals surface area contributed by atoms with Crippen molar-refractivity contribution in [3.8, 4) is 11.8 Å². The smallest absolute Gasteiger partial charge is 0.311 e. The largest absolute Gasteiger partial charge is 0.329 e. The van der Waals surface area contributed by atoms with Gasteiger partial charge in [-0.05, 0) is 81.4 Å². The Bertz CT molecular complexity index is 1120. The van der Waals surface area contributed by atoms with Crippen LogP contribution in [0.4, 0.5) is 10.6 Å². The highest BCUT2D eigenvalue weighted by molar-refractivity contribution is 6.05. The maximum atomic E-state index is 12.2. The minimum atomic E-state index is -0.406. The highest BCUT2D eigenvalue weighted by atomic mass is 16.2. The number of rotatable bonds is 5. The number of unbranched alkanes of at least 4 members (excludes halogenated alkanes) is 1. The van der Waals surface area contributed by atoms with Crippen molar-refractivity contribution >= 4 is 23.4 Å². The summed E-state index contributed by atoms with van der Waals surface area (Å²) >= 11 is 0. The second-order valence-corrected chi connectivity index (χ2v) is 10.5. The first-order chi connectivity index (χ1) is 16.1. The Morgan fingerprint density at radius 1 is 1.12 bits per heavy atom. The van der Waals surface area contributed by atoms with Crippen LogP contribution in [0.3, 0.4) is 0 Å². The van der Waals surface area contributed by atoms with Crippen molar-refractivity contribution in [2.24, 2.45) is 17.8 Å². The number of imide groups is 1. The molecule has 5 fully saturated rings. The molecule has 7 heteroatoms. The van der Waals surface area contributed by atoms with Crippen LogP contribution in [0.2, 0.25) is 0 Å². The van der Waals surface area contributed by atoms with Crippen molar-refractivity contribution in [1.82, 2.24) is 20.0 Å². The third-order valence-electron chi connectivity index (χ3n) is 8.07. The van der Waals surface area contributed by atoms with Gasteiger partial charge in [0.05, 0.1) is 6.20 Å². The van der Waals surface area contributed by atoms with Gasteiger partial charge in [-0.2, -0.15) is 0 Å². The maximum Gasteiger partial charge on any atom is 0.329 e. The molecule has 0 radical (unpaired) electrons. The molecule has 0 spiro atoms. The Hall–Kier alpha value is -2.85. The molecule has 0 aromatic carbocycles. The number of carbonyl (C=O) groups excluding carboxylic acids is 2. The summed E-state index contributed by atoms with van der Waals surface area (Å²) in [5.41, 5.74) is 2.07. The quantitative estimate of drug-likeness (QED) is 0.546. The number of nitrogens with zero attached hydrogens (tertiary/aromatic N) is 3. The van der Waals surface area contributed by atoms with Gasteiger partial charge in [-0.15, -0.1) is 0 Å². The maximum absolute atomic E-state index is 12.2. The Labute approximate surface area is 194 Å². The molecule has 0 atom stereocenters. The SMILES string of the molecule is O=C1CCN(c2cnc3ccc(C#CCCCNC45CC6CC(CC(C6)C4)C5)cn23)C(=O)N1. The Morgan fingerprint density at radius 2 is 1.88 bits per heavy atom. The highest BCUT2D eigenvalue weighted by Crippen LogP contribution is 2.55. The fourth-order valence-electron chi connectivity index (χ4n) is 7.05. The van der Waals surface area contributed by atoms with Crippen molar-refractivity contribution in [1.29, 1.82) is 0 Å². The molecule has 172 valence electrons. The van der Waals surface area contributed by atoms with Gasteiger partial charge in [0.1, 0.15) is 11.5 Å². The van der Waals surface area contributed by atoms with Gasteiger partial charge in [0.15, 0.2) is 0 Å². The first kappa shape index (κ1) is 20.7. The number of aromatic nitrogens is 2. The first-order valence-electron chi connectivity index (χ1n) is 12.4. The second-order valence-electron chi connectivity index (χ2n) is 10.5. The average molecular weight is 446 g/mol. The van der Waals surface area contributed by atoms with Gasteiger partial charge in [-0.25, -0.2) is 9.78 Å². The van der Waals surface area contributed by atoms with Crippen LogP contribution in [0, 0.1) is 29.6 Å². The second kappa shape index (κ2) is 8.18. The van der Waals surface area contributed by atoms with Gasteiger partial charge >= 0.3 is 6.03 Å². The normalized spacial score (nSPS) is 30.4. The van der Waals surface area contributed by atoms with E-state index in [-0.39, 0.29) is 12.3 Å². The summed E-state index contributed by atoms with van der Waals surface area (Å²) in [6.45, 7) is 1.40. The fraction of sp³-hybridized carbons (Fsp3) is 0.577. The highest BCUT2D eigenvalue weighted by Gasteiger charge is 2.50. The van der Waals surface area contributed by atoms with E-state index in [1.807, 2.05) is 22.7 Å². The molecule has 3 amide bonds. The van der Waals surface area contributed by atoms with E-state index in [4.69, 9.17) is 0 Å². The van der Waals surface area contributed by atoms with Gasteiger partial charge in [0.2, 0.25) is 5.91 Å². The number of urea groups is 1. The number of amides is 3. The fourth-order valence-corrected chi connectivity index (χ4v) is 7.05. The van der Waals surface area contributed by atoms with E-state index >= 15 is 0 Å². The number of nitrogens with one attached hydrogen (secondary N) is 2. The molecule has 1 saturated heterocycles. The first-order valence-corrected chi connectivity index (χ1v) is 12.4. The molecule has 7 rings (SSSR count). The summed E-state index contributed by atoms with van der Waals surface area (Å²) in [4.78, 5) is 29.6. The molecule has 4 saturated carbocycles. The van der Waals surface area contributed by atoms with Crippen molar-refractivity contribution in [2.75, 3.05) is 18.0 Å². The summed E-state index contributed by atoms with van der Waals surface area (Å²) in [5.74, 6) is 9.92. The number of imidazole rings is 1. The van der Waals surface area contributed by atoms with Gasteiger partial charge in [0, 0.05) is 36.7 Å². The molecular formula is C26H31N5O2. The average Bonchev–Trinajstić information content (AvgIpc) is 3.18. The topological polar surface area (TPSA) is 78.7 Å². The van der Waals surface area contributed by atoms with Crippen LogP contribution in [-0.2, 0) is 4.79 Å². The summed E-state index contributed by atoms with van der Waals surface area (Å²) in [7, 11) is 0. The van der Waals surface area contributed by atoms with E-state index in [0.29, 0.717) is 17.9 Å². The molecule has 2 aromatic heterocycles. The van der Waals surface area contributed by atoms with Crippen LogP contribution >= 0.6 is 0 Å². The van der Waals surface area contributed by atoms with Crippen LogP contribution < -0.4 is 15.5 Å². The monoisotopic (exact) mass is 445 g/mol. The molecule has 2 aromatic rings. The number of anilines is 1. The lowest BCUT2D eigenvalue weighted by atomic mass is 9.53. The zero-order chi connectivity index (χ0) is 22.4. The molecule has 7 nitrogen and oxygen atoms in total. The number of fused-ring (bicyclic) bond motifs is 1. The van der Waals surface area contributed by atoms with Crippen molar-refractivity contribution in [2.45, 2.75) is 63.3 Å². The predicted octanol–water partition coefficient (Wildman–Crippen LogP) is 3.47. The minimum absolute atomic E-state index is 0.241. The van der Waals surface area contributed by atoms with E-state index in [9.17, 15) is 9.59 Å². The van der Waals surface area contributed by atoms with E-state index < -0.39 is 6.03 Å². The third kappa shape index (κ3) is 4.02. The van der Waals surface area contributed by atoms with Crippen molar-refractivity contribution in [3.05, 3.63) is 30.1 Å². The predicted molar refractivity (Wildman–Crippen MR) is 126 cm³/mol. The lowest BCUT2D eigenvalue weighted by Gasteiger charge is -2.57. The van der Waals surface area contributed by atoms with E-state index in [2.05, 4.69) is 27.5 Å². The lowest BCUT2D eigenvalue weighted by molar-refractivity contribution is -0.120. The summed E-state index contributed by atoms with van der Waals surface area (Å²) in [5, 5.41) is 6.32. The van der Waals surface area contributed by atoms with Crippen LogP contribution in [0.25, 0.3) is 5.65 Å². The lowest BCUT2D eigenvalue weighted by Crippen LogP contribution is -2.58. The van der Waals surface area contributed by atoms with Crippen LogP contribution in [0.5, 0.6) is 0 Å². The number of hydrogen-bond donors (Lipinski definition) is 2. The molecule has 4 aliphatic carbocycles. The Morgan fingerprint density at radius 3 is 2.61 bits per heavy atom. The van der Waals surface area contributed by atoms with Crippen molar-refractivity contribution < 1.29 is 9.59 Å². The van der Waals surface area contributed by atoms with E-state index in [0.717, 1.165) is 48.4 Å². The van der Waals surface area contributed by atoms with Crippen LogP contribution in [0.15, 0.2) is 24.5 Å². The minimum Gasteiger partial charge on any atom is -0.311 e. The van der Waals surface area contributed by atoms with Gasteiger partial charge in [-0.1, -0.05) is 11.8 Å². The number of pyridine rings is 1. The molecule has 2 N–H and O–H groups in total. The molecule has 1 aliphatic heterocycles. The Kier molecular flexibility index (Phi) is 5.14. The van der Waals surface area contributed by atoms with Crippen LogP contribution in [-0.4, -0.2) is 40.0 Å². The molecule has 0 unspecified atom stereocenters. The molecule has 3 heterocycles. The zero-order valence-electron chi connectivity index (χ0n) is 19.0. The molecule has 33 heavy (non-hydrogen) atoms. The summed E-state index contributed by atoms with van der Waals surface area (Å²) in [6, 6.07) is 3.47. The Balaban J connectivity index is 1.06. The van der Waals surface area contributed by atoms with Gasteiger partial charge < -0.3 is 5.32 Å². The molecular weight excluding hydrogens is 414 g/mol. The standard InChI is InChI=1S/C26H31N5O2/c32-23-7-9-30(25(33)29-23)24-16-27-22-6-5-18(17-31(22)24)4-2-1-3-8-28-26-13-19-10-20(14-26)12-21(11-19)15-26/h5-6,16-17,19-21,28H,1,3,7-15H2,(H,29,32,33). The molecule has 4 bridgehead atoms. The number of hydrogen-bond acceptors (Lipinski definition) is 4.